The number of amides is 1. The maximum atomic E-state index is 13.1. The average molecular weight is 519 g/mol. The van der Waals surface area contributed by atoms with Crippen molar-refractivity contribution in [3.63, 3.8) is 0 Å². The van der Waals surface area contributed by atoms with Gasteiger partial charge in [0.2, 0.25) is 11.0 Å². The average Bonchev–Trinajstić information content (AvgIpc) is 3.55. The number of allylic oxidation sites excluding steroid dienone is 3. The second-order valence-corrected chi connectivity index (χ2v) is 10.6. The van der Waals surface area contributed by atoms with Gasteiger partial charge in [0.25, 0.3) is 0 Å². The number of furan rings is 1. The lowest BCUT2D eigenvalue weighted by molar-refractivity contribution is -0.116. The van der Waals surface area contributed by atoms with E-state index in [2.05, 4.69) is 21.6 Å². The van der Waals surface area contributed by atoms with Crippen molar-refractivity contribution in [2.24, 2.45) is 5.73 Å². The Hall–Kier alpha value is -3.88. The van der Waals surface area contributed by atoms with Crippen LogP contribution in [0.3, 0.4) is 0 Å². The first-order valence-electron chi connectivity index (χ1n) is 11.3. The highest BCUT2D eigenvalue weighted by Crippen LogP contribution is 2.47. The van der Waals surface area contributed by atoms with Crippen molar-refractivity contribution in [3.05, 3.63) is 76.6 Å². The molecule has 1 aliphatic heterocycles. The number of nitrogens with two attached hydrogens (primary N) is 1. The van der Waals surface area contributed by atoms with E-state index in [1.807, 2.05) is 31.2 Å². The van der Waals surface area contributed by atoms with Gasteiger partial charge < -0.3 is 15.5 Å². The van der Waals surface area contributed by atoms with Crippen molar-refractivity contribution in [2.75, 3.05) is 16.0 Å². The molecule has 1 aromatic carbocycles. The van der Waals surface area contributed by atoms with E-state index in [4.69, 9.17) is 10.2 Å². The second kappa shape index (κ2) is 10.0. The third-order valence-electron chi connectivity index (χ3n) is 5.96. The zero-order valence-corrected chi connectivity index (χ0v) is 21.0. The molecule has 0 saturated heterocycles. The standard InChI is InChI=1S/C25H22N6O3S2/c1-14-5-2-6-15(11-14)28-20(33)13-35-25-30-29-24(36-25)31-17-7-3-8-18(32)22(17)21(16(12-26)23(31)27)19-9-4-10-34-19/h2,4-6,9-11,21H,3,7-8,13,27H2,1H3,(H,28,33). The number of benzene rings is 1. The molecule has 11 heteroatoms. The van der Waals surface area contributed by atoms with Gasteiger partial charge in [-0.05, 0) is 49.6 Å². The molecule has 1 aliphatic carbocycles. The first-order chi connectivity index (χ1) is 17.5. The van der Waals surface area contributed by atoms with Crippen LogP contribution in [0.5, 0.6) is 0 Å². The molecule has 3 N–H and O–H groups in total. The van der Waals surface area contributed by atoms with Crippen LogP contribution >= 0.6 is 23.1 Å². The summed E-state index contributed by atoms with van der Waals surface area (Å²) in [5.41, 5.74) is 9.77. The molecular weight excluding hydrogens is 496 g/mol. The Bertz CT molecular complexity index is 1430. The fraction of sp³-hybridized carbons (Fsp3) is 0.240. The number of Topliss-reactive ketones (excluding diaryl/α,β-unsaturated/α-hetero) is 1. The lowest BCUT2D eigenvalue weighted by Crippen LogP contribution is -2.38. The molecule has 2 aliphatic rings. The zero-order chi connectivity index (χ0) is 25.2. The summed E-state index contributed by atoms with van der Waals surface area (Å²) in [5, 5.41) is 21.8. The number of aromatic nitrogens is 2. The molecular formula is C25H22N6O3S2. The fourth-order valence-corrected chi connectivity index (χ4v) is 6.12. The number of ketones is 1. The fourth-order valence-electron chi connectivity index (χ4n) is 4.44. The van der Waals surface area contributed by atoms with Crippen LogP contribution < -0.4 is 16.0 Å². The lowest BCUT2D eigenvalue weighted by atomic mass is 9.78. The number of carbonyl (C=O) groups excluding carboxylic acids is 2. The summed E-state index contributed by atoms with van der Waals surface area (Å²) in [6, 6.07) is 13.2. The van der Waals surface area contributed by atoms with Gasteiger partial charge in [0.05, 0.1) is 29.6 Å². The van der Waals surface area contributed by atoms with E-state index in [0.29, 0.717) is 45.8 Å². The summed E-state index contributed by atoms with van der Waals surface area (Å²) in [6.07, 6.45) is 3.20. The molecule has 2 aromatic heterocycles. The predicted molar refractivity (Wildman–Crippen MR) is 137 cm³/mol. The number of nitrogens with one attached hydrogen (secondary N) is 1. The molecule has 1 amide bonds. The van der Waals surface area contributed by atoms with Crippen LogP contribution in [0.1, 0.15) is 36.5 Å². The molecule has 0 bridgehead atoms. The molecule has 0 radical (unpaired) electrons. The molecule has 0 fully saturated rings. The summed E-state index contributed by atoms with van der Waals surface area (Å²) in [5.74, 6) is 0.0357. The van der Waals surface area contributed by atoms with Gasteiger partial charge in [0.1, 0.15) is 11.6 Å². The summed E-state index contributed by atoms with van der Waals surface area (Å²) in [4.78, 5) is 27.1. The molecule has 182 valence electrons. The number of rotatable bonds is 6. The van der Waals surface area contributed by atoms with Gasteiger partial charge in [0.15, 0.2) is 10.1 Å². The molecule has 0 spiro atoms. The lowest BCUT2D eigenvalue weighted by Gasteiger charge is -2.37. The Balaban J connectivity index is 1.40. The largest absolute Gasteiger partial charge is 0.468 e. The van der Waals surface area contributed by atoms with E-state index in [9.17, 15) is 14.9 Å². The minimum atomic E-state index is -0.642. The van der Waals surface area contributed by atoms with Gasteiger partial charge in [-0.15, -0.1) is 10.2 Å². The van der Waals surface area contributed by atoms with Crippen LogP contribution in [-0.2, 0) is 9.59 Å². The van der Waals surface area contributed by atoms with Gasteiger partial charge in [-0.3, -0.25) is 14.5 Å². The van der Waals surface area contributed by atoms with Crippen LogP contribution in [0.15, 0.2) is 74.1 Å². The molecule has 3 heterocycles. The molecule has 0 saturated carbocycles. The Labute approximate surface area is 215 Å². The number of nitrogens with zero attached hydrogens (tertiary/aromatic N) is 4. The van der Waals surface area contributed by atoms with Gasteiger partial charge in [0, 0.05) is 23.4 Å². The number of hydrogen-bond acceptors (Lipinski definition) is 10. The van der Waals surface area contributed by atoms with Crippen molar-refractivity contribution < 1.29 is 14.0 Å². The quantitative estimate of drug-likeness (QED) is 0.452. The van der Waals surface area contributed by atoms with Crippen LogP contribution in [0.4, 0.5) is 10.8 Å². The van der Waals surface area contributed by atoms with Crippen LogP contribution in [0, 0.1) is 18.3 Å². The summed E-state index contributed by atoms with van der Waals surface area (Å²) >= 11 is 2.52. The highest BCUT2D eigenvalue weighted by Gasteiger charge is 2.42. The monoisotopic (exact) mass is 518 g/mol. The number of aryl methyl sites for hydroxylation is 1. The van der Waals surface area contributed by atoms with Crippen LogP contribution in [-0.4, -0.2) is 27.6 Å². The number of nitriles is 1. The Kier molecular flexibility index (Phi) is 6.63. The maximum Gasteiger partial charge on any atom is 0.234 e. The first-order valence-corrected chi connectivity index (χ1v) is 13.1. The molecule has 36 heavy (non-hydrogen) atoms. The normalized spacial score (nSPS) is 17.7. The maximum absolute atomic E-state index is 13.1. The van der Waals surface area contributed by atoms with E-state index < -0.39 is 5.92 Å². The van der Waals surface area contributed by atoms with Crippen molar-refractivity contribution >= 4 is 45.6 Å². The van der Waals surface area contributed by atoms with Gasteiger partial charge in [-0.25, -0.2) is 0 Å². The number of carbonyl (C=O) groups is 2. The van der Waals surface area contributed by atoms with Crippen molar-refractivity contribution in [3.8, 4) is 6.07 Å². The molecule has 1 atom stereocenters. The third-order valence-corrected chi connectivity index (χ3v) is 8.00. The van der Waals surface area contributed by atoms with Crippen molar-refractivity contribution in [2.45, 2.75) is 36.4 Å². The number of hydrogen-bond donors (Lipinski definition) is 2. The van der Waals surface area contributed by atoms with Gasteiger partial charge in [-0.2, -0.15) is 5.26 Å². The topological polar surface area (TPSA) is 138 Å². The van der Waals surface area contributed by atoms with Crippen LogP contribution in [0.2, 0.25) is 0 Å². The van der Waals surface area contributed by atoms with E-state index >= 15 is 0 Å². The van der Waals surface area contributed by atoms with Gasteiger partial charge in [-0.1, -0.05) is 35.2 Å². The highest BCUT2D eigenvalue weighted by molar-refractivity contribution is 8.01. The van der Waals surface area contributed by atoms with E-state index in [1.54, 1.807) is 17.0 Å². The van der Waals surface area contributed by atoms with E-state index in [0.717, 1.165) is 11.3 Å². The Morgan fingerprint density at radius 2 is 2.19 bits per heavy atom. The van der Waals surface area contributed by atoms with Crippen molar-refractivity contribution in [1.82, 2.24) is 10.2 Å². The molecule has 1 unspecified atom stereocenters. The van der Waals surface area contributed by atoms with E-state index in [-0.39, 0.29) is 28.8 Å². The zero-order valence-electron chi connectivity index (χ0n) is 19.4. The second-order valence-electron chi connectivity index (χ2n) is 8.39. The number of anilines is 2. The SMILES string of the molecule is Cc1cccc(NC(=O)CSc2nnc(N3C(N)=C(C#N)C(c4ccco4)C4=C3CCCC4=O)s2)c1. The van der Waals surface area contributed by atoms with E-state index in [1.165, 1.54) is 29.4 Å². The summed E-state index contributed by atoms with van der Waals surface area (Å²) in [7, 11) is 0. The first kappa shape index (κ1) is 23.8. The van der Waals surface area contributed by atoms with Gasteiger partial charge >= 0.3 is 0 Å². The number of thioether (sulfide) groups is 1. The third kappa shape index (κ3) is 4.53. The minimum Gasteiger partial charge on any atom is -0.468 e. The van der Waals surface area contributed by atoms with Crippen molar-refractivity contribution in [1.29, 1.82) is 5.26 Å². The molecule has 5 rings (SSSR count). The summed E-state index contributed by atoms with van der Waals surface area (Å²) in [6.45, 7) is 1.96. The summed E-state index contributed by atoms with van der Waals surface area (Å²) < 4.78 is 6.16. The molecule has 9 nitrogen and oxygen atoms in total. The van der Waals surface area contributed by atoms with Crippen LogP contribution in [0.25, 0.3) is 0 Å². The predicted octanol–water partition coefficient (Wildman–Crippen LogP) is 4.48. The highest BCUT2D eigenvalue weighted by atomic mass is 32.2. The smallest absolute Gasteiger partial charge is 0.234 e. The Morgan fingerprint density at radius 3 is 2.94 bits per heavy atom. The molecule has 3 aromatic rings. The Morgan fingerprint density at radius 1 is 1.33 bits per heavy atom. The minimum absolute atomic E-state index is 0.0326.